The molecule has 0 spiro atoms. The Balaban J connectivity index is 2.13. The van der Waals surface area contributed by atoms with Crippen molar-refractivity contribution >= 4 is 17.3 Å². The van der Waals surface area contributed by atoms with Crippen LogP contribution in [0.25, 0.3) is 0 Å². The van der Waals surface area contributed by atoms with Gasteiger partial charge in [-0.2, -0.15) is 0 Å². The van der Waals surface area contributed by atoms with Crippen LogP contribution < -0.4 is 10.2 Å². The fourth-order valence-corrected chi connectivity index (χ4v) is 1.95. The van der Waals surface area contributed by atoms with Crippen LogP contribution in [0.1, 0.15) is 11.7 Å². The summed E-state index contributed by atoms with van der Waals surface area (Å²) in [5.74, 6) is -0.349. The molecule has 0 fully saturated rings. The molecule has 1 aromatic rings. The summed E-state index contributed by atoms with van der Waals surface area (Å²) in [6.07, 6.45) is -1.03. The summed E-state index contributed by atoms with van der Waals surface area (Å²) < 4.78 is 0. The standard InChI is InChI=1S/C13H19N3O2/c1-15(2)6-7-16(3)9-4-5-10-11(8-9)14-13(18)12(10)17/h4-5,8,12,17H,6-7H2,1-3H3,(H,14,18). The van der Waals surface area contributed by atoms with Crippen LogP contribution in [0, 0.1) is 0 Å². The largest absolute Gasteiger partial charge is 0.378 e. The van der Waals surface area contributed by atoms with Crippen LogP contribution in [-0.2, 0) is 4.79 Å². The summed E-state index contributed by atoms with van der Waals surface area (Å²) in [6.45, 7) is 1.87. The third-order valence-corrected chi connectivity index (χ3v) is 3.16. The van der Waals surface area contributed by atoms with Crippen molar-refractivity contribution in [2.24, 2.45) is 0 Å². The summed E-state index contributed by atoms with van der Waals surface area (Å²) >= 11 is 0. The number of amides is 1. The average Bonchev–Trinajstić information content (AvgIpc) is 2.61. The molecule has 1 aliphatic heterocycles. The predicted octanol–water partition coefficient (Wildman–Crippen LogP) is 0.670. The molecule has 2 rings (SSSR count). The van der Waals surface area contributed by atoms with Gasteiger partial charge in [0.25, 0.3) is 5.91 Å². The topological polar surface area (TPSA) is 55.8 Å². The Morgan fingerprint density at radius 2 is 2.00 bits per heavy atom. The van der Waals surface area contributed by atoms with E-state index < -0.39 is 6.10 Å². The first-order valence-corrected chi connectivity index (χ1v) is 5.98. The molecule has 0 radical (unpaired) electrons. The summed E-state index contributed by atoms with van der Waals surface area (Å²) in [7, 11) is 6.08. The molecule has 98 valence electrons. The van der Waals surface area contributed by atoms with E-state index in [9.17, 15) is 9.90 Å². The van der Waals surface area contributed by atoms with E-state index in [0.717, 1.165) is 18.8 Å². The Labute approximate surface area is 107 Å². The summed E-state index contributed by atoms with van der Waals surface area (Å²) in [4.78, 5) is 15.6. The normalized spacial score (nSPS) is 17.8. The van der Waals surface area contributed by atoms with Gasteiger partial charge in [0.15, 0.2) is 6.10 Å². The molecule has 1 amide bonds. The fourth-order valence-electron chi connectivity index (χ4n) is 1.95. The lowest BCUT2D eigenvalue weighted by atomic mass is 10.1. The lowest BCUT2D eigenvalue weighted by Crippen LogP contribution is -2.28. The van der Waals surface area contributed by atoms with Crippen LogP contribution in [0.5, 0.6) is 0 Å². The van der Waals surface area contributed by atoms with Crippen LogP contribution in [0.3, 0.4) is 0 Å². The zero-order valence-electron chi connectivity index (χ0n) is 11.0. The van der Waals surface area contributed by atoms with Crippen LogP contribution >= 0.6 is 0 Å². The van der Waals surface area contributed by atoms with E-state index in [1.54, 1.807) is 6.07 Å². The van der Waals surface area contributed by atoms with Gasteiger partial charge in [-0.15, -0.1) is 0 Å². The van der Waals surface area contributed by atoms with E-state index >= 15 is 0 Å². The molecule has 0 bridgehead atoms. The Kier molecular flexibility index (Phi) is 3.54. The van der Waals surface area contributed by atoms with E-state index in [1.165, 1.54) is 0 Å². The smallest absolute Gasteiger partial charge is 0.257 e. The highest BCUT2D eigenvalue weighted by Crippen LogP contribution is 2.33. The number of fused-ring (bicyclic) bond motifs is 1. The molecule has 5 heteroatoms. The molecule has 1 atom stereocenters. The lowest BCUT2D eigenvalue weighted by Gasteiger charge is -2.22. The number of rotatable bonds is 4. The maximum absolute atomic E-state index is 11.3. The summed E-state index contributed by atoms with van der Waals surface area (Å²) in [5.41, 5.74) is 2.40. The quantitative estimate of drug-likeness (QED) is 0.823. The number of nitrogens with one attached hydrogen (secondary N) is 1. The molecule has 18 heavy (non-hydrogen) atoms. The van der Waals surface area contributed by atoms with Gasteiger partial charge in [0.2, 0.25) is 0 Å². The first-order valence-electron chi connectivity index (χ1n) is 5.98. The predicted molar refractivity (Wildman–Crippen MR) is 71.9 cm³/mol. The van der Waals surface area contributed by atoms with E-state index in [0.29, 0.717) is 11.3 Å². The minimum atomic E-state index is -1.03. The van der Waals surface area contributed by atoms with Crippen LogP contribution in [0.2, 0.25) is 0 Å². The average molecular weight is 249 g/mol. The number of benzene rings is 1. The summed E-state index contributed by atoms with van der Waals surface area (Å²) in [5, 5.41) is 12.3. The van der Waals surface area contributed by atoms with E-state index in [1.807, 2.05) is 33.3 Å². The van der Waals surface area contributed by atoms with Gasteiger partial charge in [-0.05, 0) is 26.2 Å². The highest BCUT2D eigenvalue weighted by Gasteiger charge is 2.28. The van der Waals surface area contributed by atoms with Crippen LogP contribution in [-0.4, -0.2) is 50.1 Å². The van der Waals surface area contributed by atoms with Gasteiger partial charge in [-0.1, -0.05) is 6.07 Å². The number of hydrogen-bond donors (Lipinski definition) is 2. The second kappa shape index (κ2) is 4.96. The van der Waals surface area contributed by atoms with Crippen molar-refractivity contribution in [3.05, 3.63) is 23.8 Å². The molecular weight excluding hydrogens is 230 g/mol. The number of carbonyl (C=O) groups is 1. The highest BCUT2D eigenvalue weighted by atomic mass is 16.3. The number of anilines is 2. The van der Waals surface area contributed by atoms with E-state index in [-0.39, 0.29) is 5.91 Å². The van der Waals surface area contributed by atoms with Gasteiger partial charge in [-0.3, -0.25) is 4.79 Å². The monoisotopic (exact) mass is 249 g/mol. The van der Waals surface area contributed by atoms with Crippen molar-refractivity contribution < 1.29 is 9.90 Å². The Bertz CT molecular complexity index is 460. The first-order chi connectivity index (χ1) is 8.49. The minimum absolute atomic E-state index is 0.349. The van der Waals surface area contributed by atoms with Gasteiger partial charge in [0.05, 0.1) is 0 Å². The van der Waals surface area contributed by atoms with Crippen molar-refractivity contribution in [2.75, 3.05) is 44.4 Å². The number of nitrogens with zero attached hydrogens (tertiary/aromatic N) is 2. The number of hydrogen-bond acceptors (Lipinski definition) is 4. The van der Waals surface area contributed by atoms with Gasteiger partial charge < -0.3 is 20.2 Å². The van der Waals surface area contributed by atoms with E-state index in [2.05, 4.69) is 15.1 Å². The molecule has 5 nitrogen and oxygen atoms in total. The molecule has 0 saturated carbocycles. The first kappa shape index (κ1) is 12.9. The van der Waals surface area contributed by atoms with Gasteiger partial charge >= 0.3 is 0 Å². The Morgan fingerprint density at radius 1 is 1.28 bits per heavy atom. The third kappa shape index (κ3) is 2.47. The second-order valence-electron chi connectivity index (χ2n) is 4.89. The van der Waals surface area contributed by atoms with Crippen molar-refractivity contribution in [1.29, 1.82) is 0 Å². The molecule has 0 aromatic heterocycles. The molecular formula is C13H19N3O2. The number of likely N-dealkylation sites (N-methyl/N-ethyl adjacent to an activating group) is 2. The Hall–Kier alpha value is -1.59. The van der Waals surface area contributed by atoms with Crippen molar-refractivity contribution in [3.63, 3.8) is 0 Å². The number of aliphatic hydroxyl groups excluding tert-OH is 1. The van der Waals surface area contributed by atoms with Gasteiger partial charge in [0, 0.05) is 37.1 Å². The molecule has 0 aliphatic carbocycles. The maximum Gasteiger partial charge on any atom is 0.257 e. The number of aliphatic hydroxyl groups is 1. The van der Waals surface area contributed by atoms with Crippen molar-refractivity contribution in [2.45, 2.75) is 6.10 Å². The van der Waals surface area contributed by atoms with Crippen LogP contribution in [0.15, 0.2) is 18.2 Å². The van der Waals surface area contributed by atoms with Crippen molar-refractivity contribution in [1.82, 2.24) is 4.90 Å². The van der Waals surface area contributed by atoms with Gasteiger partial charge in [0.1, 0.15) is 0 Å². The second-order valence-corrected chi connectivity index (χ2v) is 4.89. The third-order valence-electron chi connectivity index (χ3n) is 3.16. The maximum atomic E-state index is 11.3. The molecule has 0 saturated heterocycles. The highest BCUT2D eigenvalue weighted by molar-refractivity contribution is 6.02. The SMILES string of the molecule is CN(C)CCN(C)c1ccc2c(c1)NC(=O)C2O. The summed E-state index contributed by atoms with van der Waals surface area (Å²) in [6, 6.07) is 5.64. The zero-order valence-corrected chi connectivity index (χ0v) is 11.0. The molecule has 1 aromatic carbocycles. The molecule has 1 heterocycles. The molecule has 2 N–H and O–H groups in total. The lowest BCUT2D eigenvalue weighted by molar-refractivity contribution is -0.123. The van der Waals surface area contributed by atoms with Crippen molar-refractivity contribution in [3.8, 4) is 0 Å². The molecule has 1 unspecified atom stereocenters. The zero-order chi connectivity index (χ0) is 13.3. The van der Waals surface area contributed by atoms with Gasteiger partial charge in [-0.25, -0.2) is 0 Å². The number of carbonyl (C=O) groups excluding carboxylic acids is 1. The fraction of sp³-hybridized carbons (Fsp3) is 0.462. The van der Waals surface area contributed by atoms with E-state index in [4.69, 9.17) is 0 Å². The Morgan fingerprint density at radius 3 is 2.67 bits per heavy atom. The minimum Gasteiger partial charge on any atom is -0.378 e. The van der Waals surface area contributed by atoms with Crippen LogP contribution in [0.4, 0.5) is 11.4 Å². The molecule has 1 aliphatic rings.